The highest BCUT2D eigenvalue weighted by atomic mass is 16.3. The number of aryl methyl sites for hydroxylation is 1. The van der Waals surface area contributed by atoms with Crippen LogP contribution in [0.2, 0.25) is 0 Å². The van der Waals surface area contributed by atoms with Crippen LogP contribution in [0.4, 0.5) is 0 Å². The van der Waals surface area contributed by atoms with E-state index in [2.05, 4.69) is 18.3 Å². The summed E-state index contributed by atoms with van der Waals surface area (Å²) in [6.07, 6.45) is 5.41. The predicted octanol–water partition coefficient (Wildman–Crippen LogP) is 3.26. The van der Waals surface area contributed by atoms with Gasteiger partial charge in [0.15, 0.2) is 0 Å². The van der Waals surface area contributed by atoms with Gasteiger partial charge < -0.3 is 9.73 Å². The summed E-state index contributed by atoms with van der Waals surface area (Å²) in [7, 11) is 0. The molecule has 0 radical (unpaired) electrons. The highest BCUT2D eigenvalue weighted by Crippen LogP contribution is 2.23. The zero-order valence-corrected chi connectivity index (χ0v) is 9.75. The first kappa shape index (κ1) is 10.7. The molecule has 1 saturated carbocycles. The van der Waals surface area contributed by atoms with E-state index in [0.717, 1.165) is 24.0 Å². The molecule has 2 unspecified atom stereocenters. The number of rotatable bonds is 3. The van der Waals surface area contributed by atoms with Gasteiger partial charge in [0.25, 0.3) is 0 Å². The summed E-state index contributed by atoms with van der Waals surface area (Å²) >= 11 is 0. The Kier molecular flexibility index (Phi) is 3.47. The van der Waals surface area contributed by atoms with Crippen molar-refractivity contribution in [2.75, 3.05) is 0 Å². The molecule has 2 rings (SSSR count). The molecular formula is C13H21NO. The molecule has 0 saturated heterocycles. The third-order valence-corrected chi connectivity index (χ3v) is 3.30. The predicted molar refractivity (Wildman–Crippen MR) is 61.7 cm³/mol. The van der Waals surface area contributed by atoms with Crippen molar-refractivity contribution in [3.05, 3.63) is 23.7 Å². The van der Waals surface area contributed by atoms with Crippen molar-refractivity contribution in [2.45, 2.75) is 52.1 Å². The van der Waals surface area contributed by atoms with Crippen molar-refractivity contribution in [1.82, 2.24) is 5.32 Å². The Hall–Kier alpha value is -0.760. The minimum absolute atomic E-state index is 0.694. The molecule has 15 heavy (non-hydrogen) atoms. The Bertz CT molecular complexity index is 305. The maximum absolute atomic E-state index is 5.54. The Balaban J connectivity index is 1.77. The average molecular weight is 207 g/mol. The lowest BCUT2D eigenvalue weighted by molar-refractivity contribution is 0.293. The highest BCUT2D eigenvalue weighted by Gasteiger charge is 2.18. The molecule has 0 bridgehead atoms. The molecule has 84 valence electrons. The molecule has 1 aliphatic rings. The average Bonchev–Trinajstić information content (AvgIpc) is 2.62. The molecule has 1 N–H and O–H groups in total. The van der Waals surface area contributed by atoms with Gasteiger partial charge in [-0.25, -0.2) is 0 Å². The number of hydrogen-bond donors (Lipinski definition) is 1. The lowest BCUT2D eigenvalue weighted by atomic mass is 9.87. The summed E-state index contributed by atoms with van der Waals surface area (Å²) in [6, 6.07) is 4.79. The van der Waals surface area contributed by atoms with Gasteiger partial charge in [-0.1, -0.05) is 19.8 Å². The number of hydrogen-bond acceptors (Lipinski definition) is 2. The van der Waals surface area contributed by atoms with Gasteiger partial charge in [0.05, 0.1) is 6.54 Å². The van der Waals surface area contributed by atoms with Crippen molar-refractivity contribution in [3.8, 4) is 0 Å². The van der Waals surface area contributed by atoms with Crippen LogP contribution in [0.5, 0.6) is 0 Å². The van der Waals surface area contributed by atoms with Crippen LogP contribution < -0.4 is 5.32 Å². The fraction of sp³-hybridized carbons (Fsp3) is 0.692. The van der Waals surface area contributed by atoms with Crippen LogP contribution in [0.25, 0.3) is 0 Å². The van der Waals surface area contributed by atoms with E-state index in [1.54, 1.807) is 0 Å². The molecule has 1 fully saturated rings. The molecule has 0 aliphatic heterocycles. The summed E-state index contributed by atoms with van der Waals surface area (Å²) in [5.41, 5.74) is 0. The van der Waals surface area contributed by atoms with Crippen LogP contribution >= 0.6 is 0 Å². The summed E-state index contributed by atoms with van der Waals surface area (Å²) in [4.78, 5) is 0. The second-order valence-corrected chi connectivity index (χ2v) is 4.86. The maximum atomic E-state index is 5.54. The number of nitrogens with one attached hydrogen (secondary N) is 1. The van der Waals surface area contributed by atoms with Crippen LogP contribution in [-0.2, 0) is 6.54 Å². The fourth-order valence-corrected chi connectivity index (χ4v) is 2.44. The van der Waals surface area contributed by atoms with Gasteiger partial charge in [-0.05, 0) is 37.8 Å². The summed E-state index contributed by atoms with van der Waals surface area (Å²) in [5.74, 6) is 2.95. The van der Waals surface area contributed by atoms with E-state index >= 15 is 0 Å². The molecule has 0 spiro atoms. The first-order chi connectivity index (χ1) is 7.24. The summed E-state index contributed by atoms with van der Waals surface area (Å²) in [5, 5.41) is 3.59. The molecular weight excluding hydrogens is 186 g/mol. The Morgan fingerprint density at radius 1 is 1.40 bits per heavy atom. The zero-order chi connectivity index (χ0) is 10.7. The van der Waals surface area contributed by atoms with Gasteiger partial charge in [-0.3, -0.25) is 0 Å². The molecule has 2 heteroatoms. The van der Waals surface area contributed by atoms with E-state index in [0.29, 0.717) is 6.04 Å². The second-order valence-electron chi connectivity index (χ2n) is 4.86. The smallest absolute Gasteiger partial charge is 0.117 e. The van der Waals surface area contributed by atoms with Crippen molar-refractivity contribution in [1.29, 1.82) is 0 Å². The van der Waals surface area contributed by atoms with E-state index in [4.69, 9.17) is 4.42 Å². The number of furan rings is 1. The van der Waals surface area contributed by atoms with E-state index in [-0.39, 0.29) is 0 Å². The lowest BCUT2D eigenvalue weighted by Gasteiger charge is -2.27. The van der Waals surface area contributed by atoms with Crippen molar-refractivity contribution >= 4 is 0 Å². The summed E-state index contributed by atoms with van der Waals surface area (Å²) in [6.45, 7) is 5.22. The highest BCUT2D eigenvalue weighted by molar-refractivity contribution is 5.05. The summed E-state index contributed by atoms with van der Waals surface area (Å²) < 4.78 is 5.54. The van der Waals surface area contributed by atoms with Gasteiger partial charge >= 0.3 is 0 Å². The normalized spacial score (nSPS) is 26.8. The largest absolute Gasteiger partial charge is 0.465 e. The van der Waals surface area contributed by atoms with Crippen LogP contribution in [0.15, 0.2) is 16.5 Å². The van der Waals surface area contributed by atoms with Gasteiger partial charge in [-0.15, -0.1) is 0 Å². The van der Waals surface area contributed by atoms with Crippen LogP contribution in [-0.4, -0.2) is 6.04 Å². The molecule has 0 amide bonds. The van der Waals surface area contributed by atoms with Crippen LogP contribution in [0.1, 0.15) is 44.1 Å². The second kappa shape index (κ2) is 4.84. The minimum Gasteiger partial charge on any atom is -0.465 e. The molecule has 1 aromatic rings. The van der Waals surface area contributed by atoms with Gasteiger partial charge in [0, 0.05) is 6.04 Å². The first-order valence-electron chi connectivity index (χ1n) is 6.03. The molecule has 0 aromatic carbocycles. The van der Waals surface area contributed by atoms with Crippen LogP contribution in [0.3, 0.4) is 0 Å². The van der Waals surface area contributed by atoms with Gasteiger partial charge in [0.1, 0.15) is 11.5 Å². The van der Waals surface area contributed by atoms with Crippen molar-refractivity contribution in [2.24, 2.45) is 5.92 Å². The molecule has 2 atom stereocenters. The molecule has 1 aromatic heterocycles. The SMILES string of the molecule is Cc1ccc(CNC2CCCC(C)C2)o1. The first-order valence-corrected chi connectivity index (χ1v) is 6.03. The topological polar surface area (TPSA) is 25.2 Å². The Morgan fingerprint density at radius 3 is 2.93 bits per heavy atom. The van der Waals surface area contributed by atoms with Gasteiger partial charge in [0.2, 0.25) is 0 Å². The molecule has 1 heterocycles. The maximum Gasteiger partial charge on any atom is 0.117 e. The van der Waals surface area contributed by atoms with E-state index in [1.165, 1.54) is 25.7 Å². The van der Waals surface area contributed by atoms with E-state index in [1.807, 2.05) is 13.0 Å². The van der Waals surface area contributed by atoms with Crippen molar-refractivity contribution in [3.63, 3.8) is 0 Å². The third kappa shape index (κ3) is 3.10. The molecule has 2 nitrogen and oxygen atoms in total. The third-order valence-electron chi connectivity index (χ3n) is 3.30. The minimum atomic E-state index is 0.694. The Morgan fingerprint density at radius 2 is 2.27 bits per heavy atom. The monoisotopic (exact) mass is 207 g/mol. The van der Waals surface area contributed by atoms with Crippen LogP contribution in [0, 0.1) is 12.8 Å². The standard InChI is InChI=1S/C13H21NO/c1-10-4-3-5-12(8-10)14-9-13-7-6-11(2)15-13/h6-7,10,12,14H,3-5,8-9H2,1-2H3. The molecule has 1 aliphatic carbocycles. The fourth-order valence-electron chi connectivity index (χ4n) is 2.44. The van der Waals surface area contributed by atoms with E-state index < -0.39 is 0 Å². The quantitative estimate of drug-likeness (QED) is 0.823. The van der Waals surface area contributed by atoms with E-state index in [9.17, 15) is 0 Å². The Labute approximate surface area is 92.1 Å². The zero-order valence-electron chi connectivity index (χ0n) is 9.75. The lowest BCUT2D eigenvalue weighted by Crippen LogP contribution is -2.32. The van der Waals surface area contributed by atoms with Crippen molar-refractivity contribution < 1.29 is 4.42 Å². The van der Waals surface area contributed by atoms with Gasteiger partial charge in [-0.2, -0.15) is 0 Å².